The smallest absolute Gasteiger partial charge is 0.222 e. The topological polar surface area (TPSA) is 46.2 Å². The Kier molecular flexibility index (Phi) is 10.0. The van der Waals surface area contributed by atoms with Crippen LogP contribution in [0.15, 0.2) is 0 Å². The lowest BCUT2D eigenvalue weighted by Gasteiger charge is -2.12. The van der Waals surface area contributed by atoms with Gasteiger partial charge in [0.25, 0.3) is 0 Å². The zero-order valence-corrected chi connectivity index (χ0v) is 12.6. The van der Waals surface area contributed by atoms with Crippen molar-refractivity contribution >= 4 is 11.7 Å². The summed E-state index contributed by atoms with van der Waals surface area (Å²) in [5.41, 5.74) is 0. The molecule has 0 aliphatic carbocycles. The normalized spacial score (nSPS) is 13.8. The first kappa shape index (κ1) is 18.5. The number of hydrogen-bond acceptors (Lipinski definition) is 2. The van der Waals surface area contributed by atoms with E-state index in [0.29, 0.717) is 17.6 Å². The second-order valence-electron chi connectivity index (χ2n) is 5.29. The third kappa shape index (κ3) is 8.90. The molecule has 0 saturated heterocycles. The molecule has 0 fully saturated rings. The van der Waals surface area contributed by atoms with Gasteiger partial charge in [-0.15, -0.1) is 0 Å². The Morgan fingerprint density at radius 2 is 1.18 bits per heavy atom. The van der Waals surface area contributed by atoms with Crippen LogP contribution in [0.4, 0.5) is 0 Å². The van der Waals surface area contributed by atoms with Crippen LogP contribution < -0.4 is 5.32 Å². The minimum Gasteiger partial charge on any atom is -0.359 e. The second kappa shape index (κ2) is 9.20. The molecular weight excluding hydrogens is 214 g/mol. The molecule has 3 nitrogen and oxygen atoms in total. The Labute approximate surface area is 106 Å². The van der Waals surface area contributed by atoms with Crippen molar-refractivity contribution in [2.75, 3.05) is 7.05 Å². The summed E-state index contributed by atoms with van der Waals surface area (Å²) < 4.78 is 0. The highest BCUT2D eigenvalue weighted by Crippen LogP contribution is 2.09. The molecule has 0 saturated carbocycles. The van der Waals surface area contributed by atoms with Crippen LogP contribution in [0, 0.1) is 23.7 Å². The minimum absolute atomic E-state index is 0.130. The first-order valence-electron chi connectivity index (χ1n) is 6.37. The monoisotopic (exact) mass is 243 g/mol. The van der Waals surface area contributed by atoms with Crippen molar-refractivity contribution in [3.8, 4) is 0 Å². The maximum absolute atomic E-state index is 10.8. The van der Waals surface area contributed by atoms with Crippen molar-refractivity contribution in [1.29, 1.82) is 0 Å². The van der Waals surface area contributed by atoms with Crippen LogP contribution in [0.3, 0.4) is 0 Å². The fraction of sp³-hybridized carbons (Fsp3) is 0.857. The fourth-order valence-electron chi connectivity index (χ4n) is 1.000. The number of rotatable bonds is 4. The largest absolute Gasteiger partial charge is 0.359 e. The SMILES string of the molecule is CC(=O)C(C)C(C)C.CNC(=O)C(C)C(C)C. The van der Waals surface area contributed by atoms with Crippen LogP contribution in [-0.2, 0) is 9.59 Å². The number of Topliss-reactive ketones (excluding diaryl/α,β-unsaturated/α-hetero) is 1. The molecule has 102 valence electrons. The molecule has 0 bridgehead atoms. The molecule has 0 spiro atoms. The lowest BCUT2D eigenvalue weighted by molar-refractivity contribution is -0.125. The van der Waals surface area contributed by atoms with Crippen LogP contribution in [0.25, 0.3) is 0 Å². The van der Waals surface area contributed by atoms with Crippen molar-refractivity contribution in [2.24, 2.45) is 23.7 Å². The van der Waals surface area contributed by atoms with Gasteiger partial charge in [0.15, 0.2) is 0 Å². The number of ketones is 1. The van der Waals surface area contributed by atoms with E-state index in [0.717, 1.165) is 0 Å². The van der Waals surface area contributed by atoms with E-state index in [1.165, 1.54) is 0 Å². The van der Waals surface area contributed by atoms with E-state index in [4.69, 9.17) is 0 Å². The van der Waals surface area contributed by atoms with E-state index in [2.05, 4.69) is 19.2 Å². The Bertz CT molecular complexity index is 234. The van der Waals surface area contributed by atoms with E-state index in [1.54, 1.807) is 14.0 Å². The van der Waals surface area contributed by atoms with E-state index in [-0.39, 0.29) is 17.7 Å². The zero-order chi connectivity index (χ0) is 14.2. The van der Waals surface area contributed by atoms with Crippen molar-refractivity contribution < 1.29 is 9.59 Å². The predicted octanol–water partition coefficient (Wildman–Crippen LogP) is 2.89. The Morgan fingerprint density at radius 1 is 0.824 bits per heavy atom. The van der Waals surface area contributed by atoms with E-state index in [9.17, 15) is 9.59 Å². The molecule has 1 N–H and O–H groups in total. The molecule has 0 aliphatic heterocycles. The summed E-state index contributed by atoms with van der Waals surface area (Å²) in [7, 11) is 1.67. The van der Waals surface area contributed by atoms with Crippen LogP contribution in [0.5, 0.6) is 0 Å². The van der Waals surface area contributed by atoms with Gasteiger partial charge in [0, 0.05) is 18.9 Å². The third-order valence-corrected chi connectivity index (χ3v) is 3.30. The maximum Gasteiger partial charge on any atom is 0.222 e. The number of amides is 1. The number of carbonyl (C=O) groups excluding carboxylic acids is 2. The molecule has 0 aromatic carbocycles. The Hall–Kier alpha value is -0.860. The predicted molar refractivity (Wildman–Crippen MR) is 72.8 cm³/mol. The van der Waals surface area contributed by atoms with Crippen LogP contribution >= 0.6 is 0 Å². The number of carbonyl (C=O) groups is 2. The van der Waals surface area contributed by atoms with Crippen molar-refractivity contribution in [1.82, 2.24) is 5.32 Å². The molecule has 1 amide bonds. The number of hydrogen-bond donors (Lipinski definition) is 1. The average Bonchev–Trinajstić information content (AvgIpc) is 2.26. The van der Waals surface area contributed by atoms with Gasteiger partial charge in [-0.3, -0.25) is 9.59 Å². The first-order chi connectivity index (χ1) is 7.64. The highest BCUT2D eigenvalue weighted by molar-refractivity contribution is 5.78. The minimum atomic E-state index is 0.130. The Balaban J connectivity index is 0. The fourth-order valence-corrected chi connectivity index (χ4v) is 1.000. The van der Waals surface area contributed by atoms with Gasteiger partial charge < -0.3 is 5.32 Å². The van der Waals surface area contributed by atoms with E-state index in [1.807, 2.05) is 27.7 Å². The molecule has 3 heteroatoms. The van der Waals surface area contributed by atoms with Gasteiger partial charge in [-0.25, -0.2) is 0 Å². The van der Waals surface area contributed by atoms with Crippen molar-refractivity contribution in [3.05, 3.63) is 0 Å². The van der Waals surface area contributed by atoms with E-state index < -0.39 is 0 Å². The van der Waals surface area contributed by atoms with Crippen LogP contribution in [0.1, 0.15) is 48.5 Å². The highest BCUT2D eigenvalue weighted by atomic mass is 16.1. The van der Waals surface area contributed by atoms with Gasteiger partial charge in [0.1, 0.15) is 5.78 Å². The van der Waals surface area contributed by atoms with E-state index >= 15 is 0 Å². The van der Waals surface area contributed by atoms with Crippen molar-refractivity contribution in [3.63, 3.8) is 0 Å². The summed E-state index contributed by atoms with van der Waals surface area (Å²) in [6.07, 6.45) is 0. The Morgan fingerprint density at radius 3 is 1.24 bits per heavy atom. The molecule has 0 rings (SSSR count). The van der Waals surface area contributed by atoms with Gasteiger partial charge in [0.05, 0.1) is 0 Å². The summed E-state index contributed by atoms with van der Waals surface area (Å²) in [4.78, 5) is 21.4. The first-order valence-corrected chi connectivity index (χ1v) is 6.37. The van der Waals surface area contributed by atoms with Gasteiger partial charge in [0.2, 0.25) is 5.91 Å². The zero-order valence-electron chi connectivity index (χ0n) is 12.6. The lowest BCUT2D eigenvalue weighted by Crippen LogP contribution is -2.28. The standard InChI is InChI=1S/C7H15NO.C7H14O/c1-5(2)6(3)7(9)8-4;1-5(2)6(3)7(4)8/h5-6H,1-4H3,(H,8,9);5-6H,1-4H3. The number of nitrogens with one attached hydrogen (secondary N) is 1. The van der Waals surface area contributed by atoms with Gasteiger partial charge in [-0.1, -0.05) is 41.5 Å². The molecule has 0 heterocycles. The van der Waals surface area contributed by atoms with Crippen LogP contribution in [-0.4, -0.2) is 18.7 Å². The molecule has 0 aromatic rings. The average molecular weight is 243 g/mol. The van der Waals surface area contributed by atoms with Gasteiger partial charge >= 0.3 is 0 Å². The van der Waals surface area contributed by atoms with Gasteiger partial charge in [-0.2, -0.15) is 0 Å². The summed E-state index contributed by atoms with van der Waals surface area (Å²) in [5.74, 6) is 1.72. The summed E-state index contributed by atoms with van der Waals surface area (Å²) >= 11 is 0. The summed E-state index contributed by atoms with van der Waals surface area (Å²) in [6, 6.07) is 0. The molecule has 0 aliphatic rings. The molecular formula is C14H29NO2. The highest BCUT2D eigenvalue weighted by Gasteiger charge is 2.13. The lowest BCUT2D eigenvalue weighted by atomic mass is 9.95. The molecule has 0 radical (unpaired) electrons. The van der Waals surface area contributed by atoms with Crippen LogP contribution in [0.2, 0.25) is 0 Å². The molecule has 17 heavy (non-hydrogen) atoms. The van der Waals surface area contributed by atoms with Crippen molar-refractivity contribution in [2.45, 2.75) is 48.5 Å². The molecule has 2 unspecified atom stereocenters. The quantitative estimate of drug-likeness (QED) is 0.825. The molecule has 0 aromatic heterocycles. The second-order valence-corrected chi connectivity index (χ2v) is 5.29. The van der Waals surface area contributed by atoms with Gasteiger partial charge in [-0.05, 0) is 18.8 Å². The summed E-state index contributed by atoms with van der Waals surface area (Å²) in [6.45, 7) is 13.7. The maximum atomic E-state index is 10.8. The third-order valence-electron chi connectivity index (χ3n) is 3.30. The summed E-state index contributed by atoms with van der Waals surface area (Å²) in [5, 5.41) is 2.61. The molecule has 2 atom stereocenters.